The molecule has 1 fully saturated rings. The van der Waals surface area contributed by atoms with Gasteiger partial charge >= 0.3 is 0 Å². The number of aliphatic hydroxyl groups is 1. The van der Waals surface area contributed by atoms with Crippen LogP contribution in [0.15, 0.2) is 0 Å². The Hall–Kier alpha value is -0.610. The minimum Gasteiger partial charge on any atom is -0.391 e. The number of carbonyl (C=O) groups excluding carboxylic acids is 1. The van der Waals surface area contributed by atoms with Gasteiger partial charge in [-0.25, -0.2) is 0 Å². The summed E-state index contributed by atoms with van der Waals surface area (Å²) in [4.78, 5) is 12.0. The van der Waals surface area contributed by atoms with Crippen molar-refractivity contribution in [1.82, 2.24) is 10.6 Å². The molecule has 0 spiro atoms. The van der Waals surface area contributed by atoms with Crippen LogP contribution in [0.3, 0.4) is 0 Å². The molecule has 3 N–H and O–H groups in total. The first-order valence-electron chi connectivity index (χ1n) is 7.28. The second-order valence-electron chi connectivity index (χ2n) is 5.74. The van der Waals surface area contributed by atoms with Crippen LogP contribution in [0.5, 0.6) is 0 Å². The highest BCUT2D eigenvalue weighted by Crippen LogP contribution is 2.09. The lowest BCUT2D eigenvalue weighted by atomic mass is 10.0. The van der Waals surface area contributed by atoms with Crippen molar-refractivity contribution in [3.05, 3.63) is 0 Å². The summed E-state index contributed by atoms with van der Waals surface area (Å²) < 4.78 is 0. The van der Waals surface area contributed by atoms with Crippen molar-refractivity contribution >= 4 is 5.91 Å². The van der Waals surface area contributed by atoms with Gasteiger partial charge in [-0.3, -0.25) is 4.79 Å². The van der Waals surface area contributed by atoms with E-state index in [-0.39, 0.29) is 11.9 Å². The molecule has 4 heteroatoms. The van der Waals surface area contributed by atoms with Crippen LogP contribution in [0.2, 0.25) is 0 Å². The fraction of sp³-hybridized carbons (Fsp3) is 0.929. The zero-order valence-electron chi connectivity index (χ0n) is 11.7. The van der Waals surface area contributed by atoms with Crippen LogP contribution in [0.4, 0.5) is 0 Å². The van der Waals surface area contributed by atoms with E-state index < -0.39 is 6.10 Å². The van der Waals surface area contributed by atoms with E-state index in [4.69, 9.17) is 0 Å². The van der Waals surface area contributed by atoms with Crippen LogP contribution < -0.4 is 10.6 Å². The number of hydrogen-bond acceptors (Lipinski definition) is 3. The van der Waals surface area contributed by atoms with Gasteiger partial charge in [0.1, 0.15) is 0 Å². The third kappa shape index (κ3) is 6.36. The van der Waals surface area contributed by atoms with Gasteiger partial charge in [0.15, 0.2) is 0 Å². The number of nitrogens with one attached hydrogen (secondary N) is 2. The highest BCUT2D eigenvalue weighted by atomic mass is 16.3. The number of hydrogen-bond donors (Lipinski definition) is 3. The molecule has 1 aliphatic rings. The summed E-state index contributed by atoms with van der Waals surface area (Å²) in [5, 5.41) is 15.9. The van der Waals surface area contributed by atoms with E-state index >= 15 is 0 Å². The van der Waals surface area contributed by atoms with Crippen molar-refractivity contribution in [2.75, 3.05) is 13.1 Å². The van der Waals surface area contributed by atoms with E-state index in [2.05, 4.69) is 24.5 Å². The molecule has 1 aliphatic heterocycles. The normalized spacial score (nSPS) is 23.2. The number of carbonyl (C=O) groups is 1. The lowest BCUT2D eigenvalue weighted by molar-refractivity contribution is -0.123. The second kappa shape index (κ2) is 8.48. The van der Waals surface area contributed by atoms with Gasteiger partial charge in [-0.2, -0.15) is 0 Å². The van der Waals surface area contributed by atoms with Crippen LogP contribution in [0.1, 0.15) is 52.4 Å². The highest BCUT2D eigenvalue weighted by Gasteiger charge is 2.19. The summed E-state index contributed by atoms with van der Waals surface area (Å²) in [6, 6.07) is -0.0726. The molecule has 1 amide bonds. The predicted octanol–water partition coefficient (Wildman–Crippen LogP) is 1.43. The van der Waals surface area contributed by atoms with Gasteiger partial charge in [0, 0.05) is 6.54 Å². The van der Waals surface area contributed by atoms with Crippen LogP contribution in [-0.2, 0) is 4.79 Å². The van der Waals surface area contributed by atoms with Crippen molar-refractivity contribution < 1.29 is 9.90 Å². The number of rotatable bonds is 5. The Kier molecular flexibility index (Phi) is 7.28. The Morgan fingerprint density at radius 2 is 2.06 bits per heavy atom. The van der Waals surface area contributed by atoms with Gasteiger partial charge in [0.05, 0.1) is 12.1 Å². The van der Waals surface area contributed by atoms with E-state index in [0.29, 0.717) is 12.5 Å². The van der Waals surface area contributed by atoms with Crippen LogP contribution >= 0.6 is 0 Å². The smallest absolute Gasteiger partial charge is 0.237 e. The lowest BCUT2D eigenvalue weighted by Crippen LogP contribution is -2.47. The van der Waals surface area contributed by atoms with E-state index in [9.17, 15) is 9.90 Å². The van der Waals surface area contributed by atoms with Gasteiger partial charge in [-0.15, -0.1) is 0 Å². The van der Waals surface area contributed by atoms with E-state index in [0.717, 1.165) is 32.2 Å². The van der Waals surface area contributed by atoms with Crippen LogP contribution in [-0.4, -0.2) is 36.2 Å². The van der Waals surface area contributed by atoms with Crippen molar-refractivity contribution in [2.45, 2.75) is 64.5 Å². The Labute approximate surface area is 111 Å². The van der Waals surface area contributed by atoms with Gasteiger partial charge in [-0.05, 0) is 31.7 Å². The zero-order chi connectivity index (χ0) is 13.4. The Morgan fingerprint density at radius 3 is 2.78 bits per heavy atom. The molecule has 0 aliphatic carbocycles. The molecule has 1 saturated heterocycles. The van der Waals surface area contributed by atoms with Gasteiger partial charge in [0.2, 0.25) is 5.91 Å². The molecule has 0 aromatic rings. The Balaban J connectivity index is 2.25. The molecule has 1 heterocycles. The molecular formula is C14H28N2O2. The van der Waals surface area contributed by atoms with E-state index in [1.54, 1.807) is 0 Å². The van der Waals surface area contributed by atoms with Gasteiger partial charge in [-0.1, -0.05) is 33.1 Å². The first-order valence-corrected chi connectivity index (χ1v) is 7.28. The SMILES string of the molecule is CC(C)CC(O)CNC(=O)C1CCCCCCN1. The predicted molar refractivity (Wildman–Crippen MR) is 73.3 cm³/mol. The Bertz CT molecular complexity index is 236. The molecule has 0 aromatic carbocycles. The molecule has 0 bridgehead atoms. The number of aliphatic hydroxyl groups excluding tert-OH is 1. The third-order valence-corrected chi connectivity index (χ3v) is 3.38. The van der Waals surface area contributed by atoms with Gasteiger partial charge < -0.3 is 15.7 Å². The summed E-state index contributed by atoms with van der Waals surface area (Å²) in [7, 11) is 0. The summed E-state index contributed by atoms with van der Waals surface area (Å²) in [5.74, 6) is 0.496. The van der Waals surface area contributed by atoms with Crippen molar-refractivity contribution in [3.63, 3.8) is 0 Å². The fourth-order valence-corrected chi connectivity index (χ4v) is 2.40. The second-order valence-corrected chi connectivity index (χ2v) is 5.74. The maximum atomic E-state index is 12.0. The maximum Gasteiger partial charge on any atom is 0.237 e. The Morgan fingerprint density at radius 1 is 1.33 bits per heavy atom. The fourth-order valence-electron chi connectivity index (χ4n) is 2.40. The largest absolute Gasteiger partial charge is 0.391 e. The molecule has 4 nitrogen and oxygen atoms in total. The molecule has 18 heavy (non-hydrogen) atoms. The molecule has 0 aromatic heterocycles. The molecule has 0 saturated carbocycles. The summed E-state index contributed by atoms with van der Waals surface area (Å²) >= 11 is 0. The summed E-state index contributed by atoms with van der Waals surface area (Å²) in [6.07, 6.45) is 5.96. The van der Waals surface area contributed by atoms with Gasteiger partial charge in [0.25, 0.3) is 0 Å². The monoisotopic (exact) mass is 256 g/mol. The molecule has 2 atom stereocenters. The average molecular weight is 256 g/mol. The molecule has 106 valence electrons. The molecule has 2 unspecified atom stereocenters. The summed E-state index contributed by atoms with van der Waals surface area (Å²) in [5.41, 5.74) is 0. The van der Waals surface area contributed by atoms with E-state index in [1.165, 1.54) is 12.8 Å². The summed E-state index contributed by atoms with van der Waals surface area (Å²) in [6.45, 7) is 5.44. The van der Waals surface area contributed by atoms with Crippen molar-refractivity contribution in [1.29, 1.82) is 0 Å². The third-order valence-electron chi connectivity index (χ3n) is 3.38. The minimum absolute atomic E-state index is 0.0414. The van der Waals surface area contributed by atoms with Crippen LogP contribution in [0.25, 0.3) is 0 Å². The average Bonchev–Trinajstić information content (AvgIpc) is 2.24. The van der Waals surface area contributed by atoms with Crippen LogP contribution in [0, 0.1) is 5.92 Å². The highest BCUT2D eigenvalue weighted by molar-refractivity contribution is 5.81. The lowest BCUT2D eigenvalue weighted by Gasteiger charge is -2.22. The minimum atomic E-state index is -0.428. The zero-order valence-corrected chi connectivity index (χ0v) is 11.7. The molecule has 0 radical (unpaired) electrons. The van der Waals surface area contributed by atoms with E-state index in [1.807, 2.05) is 0 Å². The topological polar surface area (TPSA) is 61.4 Å². The van der Waals surface area contributed by atoms with Crippen molar-refractivity contribution in [3.8, 4) is 0 Å². The first kappa shape index (κ1) is 15.4. The molecular weight excluding hydrogens is 228 g/mol. The first-order chi connectivity index (χ1) is 8.59. The van der Waals surface area contributed by atoms with Crippen molar-refractivity contribution in [2.24, 2.45) is 5.92 Å². The number of amides is 1. The quantitative estimate of drug-likeness (QED) is 0.697. The standard InChI is InChI=1S/C14H28N2O2/c1-11(2)9-12(17)10-16-14(18)13-7-5-3-4-6-8-15-13/h11-13,15,17H,3-10H2,1-2H3,(H,16,18). The molecule has 1 rings (SSSR count). The maximum absolute atomic E-state index is 12.0.